The van der Waals surface area contributed by atoms with E-state index in [9.17, 15) is 9.59 Å². The molecule has 5 heteroatoms. The number of alkyl carbamates (subject to hydrolysis) is 1. The zero-order valence-electron chi connectivity index (χ0n) is 9.30. The fourth-order valence-corrected chi connectivity index (χ4v) is 1.10. The van der Waals surface area contributed by atoms with Crippen molar-refractivity contribution in [2.75, 3.05) is 7.11 Å². The van der Waals surface area contributed by atoms with Crippen LogP contribution in [-0.4, -0.2) is 25.0 Å². The van der Waals surface area contributed by atoms with E-state index in [4.69, 9.17) is 0 Å². The Hall–Kier alpha value is -0.710. The van der Waals surface area contributed by atoms with E-state index in [1.54, 1.807) is 0 Å². The van der Waals surface area contributed by atoms with Gasteiger partial charge in [-0.1, -0.05) is 20.8 Å². The van der Waals surface area contributed by atoms with E-state index in [1.807, 2.05) is 20.8 Å². The van der Waals surface area contributed by atoms with E-state index in [-0.39, 0.29) is 24.7 Å². The van der Waals surface area contributed by atoms with Crippen LogP contribution in [0.5, 0.6) is 0 Å². The topological polar surface area (TPSA) is 55.4 Å². The molecule has 0 aliphatic heterocycles. The first kappa shape index (κ1) is 15.7. The summed E-state index contributed by atoms with van der Waals surface area (Å²) in [5, 5.41) is 2.50. The van der Waals surface area contributed by atoms with Gasteiger partial charge in [-0.05, 0) is 12.3 Å². The van der Waals surface area contributed by atoms with Gasteiger partial charge in [0.25, 0.3) is 0 Å². The fourth-order valence-electron chi connectivity index (χ4n) is 1.10. The van der Waals surface area contributed by atoms with Crippen LogP contribution >= 0.6 is 13.5 Å². The summed E-state index contributed by atoms with van der Waals surface area (Å²) in [7, 11) is 1.27. The van der Waals surface area contributed by atoms with Gasteiger partial charge in [0, 0.05) is 0 Å². The van der Waals surface area contributed by atoms with Crippen LogP contribution in [0.2, 0.25) is 0 Å². The normalized spacial score (nSPS) is 12.4. The van der Waals surface area contributed by atoms with Crippen molar-refractivity contribution in [3.63, 3.8) is 0 Å². The molecule has 1 atom stereocenters. The van der Waals surface area contributed by atoms with Crippen molar-refractivity contribution in [3.05, 3.63) is 0 Å². The quantitative estimate of drug-likeness (QED) is 0.768. The Kier molecular flexibility index (Phi) is 6.64. The summed E-state index contributed by atoms with van der Waals surface area (Å²) in [6, 6.07) is -0.500. The summed E-state index contributed by atoms with van der Waals surface area (Å²) in [4.78, 5) is 22.1. The van der Waals surface area contributed by atoms with Gasteiger partial charge in [0.1, 0.15) is 0 Å². The number of Topliss-reactive ketones (excluding diaryl/α,β-unsaturated/α-hetero) is 1. The Balaban J connectivity index is 0. The molecule has 0 fully saturated rings. The highest BCUT2D eigenvalue weighted by atomic mass is 32.1. The highest BCUT2D eigenvalue weighted by molar-refractivity contribution is 7.59. The van der Waals surface area contributed by atoms with E-state index < -0.39 is 12.1 Å². The summed E-state index contributed by atoms with van der Waals surface area (Å²) in [6.07, 6.45) is -0.574. The molecule has 0 aliphatic rings. The molecule has 0 aromatic carbocycles. The molecule has 1 N–H and O–H groups in total. The molecule has 0 aromatic rings. The molecule has 0 heterocycles. The minimum absolute atomic E-state index is 0. The van der Waals surface area contributed by atoms with Gasteiger partial charge in [-0.3, -0.25) is 4.79 Å². The minimum atomic E-state index is -0.574. The number of carbonyl (C=O) groups excluding carboxylic acids is 2. The highest BCUT2D eigenvalue weighted by Gasteiger charge is 2.30. The van der Waals surface area contributed by atoms with E-state index >= 15 is 0 Å². The van der Waals surface area contributed by atoms with Crippen LogP contribution in [0.15, 0.2) is 0 Å². The molecule has 0 rings (SSSR count). The average molecular weight is 221 g/mol. The Bertz CT molecular complexity index is 211. The molecule has 14 heavy (non-hydrogen) atoms. The first-order chi connectivity index (χ1) is 5.79. The number of hydrogen-bond acceptors (Lipinski definition) is 3. The molecule has 0 saturated carbocycles. The second kappa shape index (κ2) is 5.90. The summed E-state index contributed by atoms with van der Waals surface area (Å²) < 4.78 is 4.42. The molecule has 0 aliphatic carbocycles. The molecular weight excluding hydrogens is 202 g/mol. The van der Waals surface area contributed by atoms with Gasteiger partial charge < -0.3 is 10.1 Å². The molecule has 1 amide bonds. The molecule has 0 aromatic heterocycles. The minimum Gasteiger partial charge on any atom is -0.453 e. The van der Waals surface area contributed by atoms with Gasteiger partial charge in [-0.2, -0.15) is 13.5 Å². The van der Waals surface area contributed by atoms with Crippen molar-refractivity contribution in [2.45, 2.75) is 33.7 Å². The lowest BCUT2D eigenvalue weighted by molar-refractivity contribution is -0.121. The Morgan fingerprint density at radius 2 is 1.71 bits per heavy atom. The molecule has 0 unspecified atom stereocenters. The zero-order valence-corrected chi connectivity index (χ0v) is 10.3. The lowest BCUT2D eigenvalue weighted by Crippen LogP contribution is -2.48. The second-order valence-electron chi connectivity index (χ2n) is 4.05. The first-order valence-corrected chi connectivity index (χ1v) is 4.14. The van der Waals surface area contributed by atoms with Gasteiger partial charge in [-0.15, -0.1) is 0 Å². The second-order valence-corrected chi connectivity index (χ2v) is 4.05. The first-order valence-electron chi connectivity index (χ1n) is 4.14. The number of ketones is 1. The summed E-state index contributed by atoms with van der Waals surface area (Å²) in [5.41, 5.74) is -0.292. The predicted octanol–water partition coefficient (Wildman–Crippen LogP) is 1.46. The molecule has 0 saturated heterocycles. The number of ether oxygens (including phenoxy) is 1. The van der Waals surface area contributed by atoms with E-state index in [0.29, 0.717) is 0 Å². The van der Waals surface area contributed by atoms with Crippen LogP contribution in [0.25, 0.3) is 0 Å². The van der Waals surface area contributed by atoms with E-state index in [0.717, 1.165) is 0 Å². The Morgan fingerprint density at radius 1 is 1.29 bits per heavy atom. The molecule has 0 spiro atoms. The van der Waals surface area contributed by atoms with Crippen molar-refractivity contribution >= 4 is 25.4 Å². The number of hydrogen-bond donors (Lipinski definition) is 1. The molecular formula is C9H19NO3S. The number of nitrogens with one attached hydrogen (secondary N) is 1. The maximum absolute atomic E-state index is 11.2. The van der Waals surface area contributed by atoms with E-state index in [1.165, 1.54) is 14.0 Å². The molecule has 84 valence electrons. The number of rotatable bonds is 2. The Labute approximate surface area is 91.8 Å². The van der Waals surface area contributed by atoms with Gasteiger partial charge >= 0.3 is 6.09 Å². The smallest absolute Gasteiger partial charge is 0.407 e. The Morgan fingerprint density at radius 3 is 1.93 bits per heavy atom. The summed E-state index contributed by atoms with van der Waals surface area (Å²) in [6.45, 7) is 7.10. The number of carbonyl (C=O) groups is 2. The van der Waals surface area contributed by atoms with Crippen LogP contribution in [-0.2, 0) is 9.53 Å². The van der Waals surface area contributed by atoms with Crippen LogP contribution in [0.1, 0.15) is 27.7 Å². The number of amides is 1. The van der Waals surface area contributed by atoms with Crippen molar-refractivity contribution < 1.29 is 14.3 Å². The molecule has 0 bridgehead atoms. The third kappa shape index (κ3) is 5.11. The van der Waals surface area contributed by atoms with Gasteiger partial charge in [0.05, 0.1) is 13.2 Å². The van der Waals surface area contributed by atoms with Crippen molar-refractivity contribution in [3.8, 4) is 0 Å². The van der Waals surface area contributed by atoms with Crippen LogP contribution < -0.4 is 5.32 Å². The zero-order chi connectivity index (χ0) is 10.6. The van der Waals surface area contributed by atoms with Crippen molar-refractivity contribution in [2.24, 2.45) is 5.41 Å². The lowest BCUT2D eigenvalue weighted by Gasteiger charge is -2.28. The molecule has 0 radical (unpaired) electrons. The van der Waals surface area contributed by atoms with Crippen molar-refractivity contribution in [1.82, 2.24) is 5.32 Å². The molecule has 4 nitrogen and oxygen atoms in total. The van der Waals surface area contributed by atoms with Crippen LogP contribution in [0, 0.1) is 5.41 Å². The largest absolute Gasteiger partial charge is 0.453 e. The SMILES string of the molecule is COC(=O)N[C@H](C(C)=O)C(C)(C)C.S. The monoisotopic (exact) mass is 221 g/mol. The van der Waals surface area contributed by atoms with Gasteiger partial charge in [-0.25, -0.2) is 4.79 Å². The third-order valence-corrected chi connectivity index (χ3v) is 1.72. The predicted molar refractivity (Wildman–Crippen MR) is 59.8 cm³/mol. The van der Waals surface area contributed by atoms with E-state index in [2.05, 4.69) is 10.1 Å². The summed E-state index contributed by atoms with van der Waals surface area (Å²) in [5.74, 6) is -0.0714. The summed E-state index contributed by atoms with van der Waals surface area (Å²) >= 11 is 0. The van der Waals surface area contributed by atoms with Crippen molar-refractivity contribution in [1.29, 1.82) is 0 Å². The highest BCUT2D eigenvalue weighted by Crippen LogP contribution is 2.19. The number of methoxy groups -OCH3 is 1. The third-order valence-electron chi connectivity index (χ3n) is 1.72. The maximum Gasteiger partial charge on any atom is 0.407 e. The average Bonchev–Trinajstić information content (AvgIpc) is 1.96. The van der Waals surface area contributed by atoms with Gasteiger partial charge in [0.15, 0.2) is 5.78 Å². The standard InChI is InChI=1S/C9H17NO3.H2S/c1-6(11)7(9(2,3)4)10-8(12)13-5;/h7H,1-5H3,(H,10,12);1H2/t7-;/m1./s1. The fraction of sp³-hybridized carbons (Fsp3) is 0.778. The van der Waals surface area contributed by atoms with Crippen LogP contribution in [0.3, 0.4) is 0 Å². The maximum atomic E-state index is 11.2. The van der Waals surface area contributed by atoms with Crippen LogP contribution in [0.4, 0.5) is 4.79 Å². The van der Waals surface area contributed by atoms with Gasteiger partial charge in [0.2, 0.25) is 0 Å². The lowest BCUT2D eigenvalue weighted by atomic mass is 9.85.